The van der Waals surface area contributed by atoms with Crippen LogP contribution >= 0.6 is 0 Å². The molecule has 166 valence electrons. The van der Waals surface area contributed by atoms with E-state index in [-0.39, 0.29) is 12.3 Å². The first kappa shape index (κ1) is 25.4. The highest BCUT2D eigenvalue weighted by molar-refractivity contribution is 7.89. The van der Waals surface area contributed by atoms with E-state index in [1.165, 1.54) is 24.5 Å². The highest BCUT2D eigenvalue weighted by Gasteiger charge is 2.20. The second-order valence-electron chi connectivity index (χ2n) is 7.67. The molecule has 1 aromatic carbocycles. The van der Waals surface area contributed by atoms with E-state index in [1.807, 2.05) is 6.92 Å². The van der Waals surface area contributed by atoms with Crippen LogP contribution < -0.4 is 10.6 Å². The summed E-state index contributed by atoms with van der Waals surface area (Å²) < 4.78 is 37.1. The molecule has 0 fully saturated rings. The Labute approximate surface area is 175 Å². The van der Waals surface area contributed by atoms with Crippen molar-refractivity contribution in [2.75, 3.05) is 33.4 Å². The van der Waals surface area contributed by atoms with Crippen LogP contribution in [0.25, 0.3) is 0 Å². The number of nitrogens with one attached hydrogen (secondary N) is 2. The van der Waals surface area contributed by atoms with Crippen molar-refractivity contribution in [3.63, 3.8) is 0 Å². The molecule has 0 heterocycles. The Morgan fingerprint density at radius 2 is 1.79 bits per heavy atom. The smallest absolute Gasteiger partial charge is 0.191 e. The third-order valence-electron chi connectivity index (χ3n) is 5.07. The van der Waals surface area contributed by atoms with Crippen LogP contribution in [0.4, 0.5) is 4.39 Å². The maximum atomic E-state index is 13.7. The fourth-order valence-electron chi connectivity index (χ4n) is 3.48. The minimum Gasteiger partial charge on any atom is -0.357 e. The molecule has 29 heavy (non-hydrogen) atoms. The van der Waals surface area contributed by atoms with Gasteiger partial charge in [-0.05, 0) is 50.2 Å². The van der Waals surface area contributed by atoms with Gasteiger partial charge in [0.25, 0.3) is 0 Å². The first-order valence-electron chi connectivity index (χ1n) is 10.2. The van der Waals surface area contributed by atoms with Crippen LogP contribution in [0.1, 0.15) is 44.7 Å². The molecule has 6 nitrogen and oxygen atoms in total. The van der Waals surface area contributed by atoms with E-state index in [0.29, 0.717) is 35.6 Å². The van der Waals surface area contributed by atoms with Gasteiger partial charge in [0.05, 0.1) is 12.3 Å². The fraction of sp³-hybridized carbons (Fsp3) is 0.667. The summed E-state index contributed by atoms with van der Waals surface area (Å²) in [7, 11) is 0.949. The van der Waals surface area contributed by atoms with Crippen molar-refractivity contribution in [3.8, 4) is 0 Å². The molecular weight excluding hydrogens is 391 g/mol. The maximum Gasteiger partial charge on any atom is 0.191 e. The first-order valence-corrected chi connectivity index (χ1v) is 12.3. The van der Waals surface area contributed by atoms with Crippen LogP contribution in [0.5, 0.6) is 0 Å². The number of aliphatic imine (C=N–C) groups is 1. The molecule has 1 aromatic rings. The molecular formula is C21H37FN4O2S. The Balaban J connectivity index is 2.98. The lowest BCUT2D eigenvalue weighted by Crippen LogP contribution is -2.48. The SMILES string of the molecule is CCNC(=NCc1cc(F)ccc1CS(C)(=O)=O)NCC(C(CC)CC)N(C)C. The lowest BCUT2D eigenvalue weighted by molar-refractivity contribution is 0.200. The highest BCUT2D eigenvalue weighted by atomic mass is 32.2. The Morgan fingerprint density at radius 3 is 2.31 bits per heavy atom. The molecule has 0 amide bonds. The average molecular weight is 429 g/mol. The van der Waals surface area contributed by atoms with Gasteiger partial charge >= 0.3 is 0 Å². The highest BCUT2D eigenvalue weighted by Crippen LogP contribution is 2.17. The lowest BCUT2D eigenvalue weighted by Gasteiger charge is -2.32. The number of hydrogen-bond acceptors (Lipinski definition) is 4. The molecule has 0 radical (unpaired) electrons. The fourth-order valence-corrected chi connectivity index (χ4v) is 4.32. The van der Waals surface area contributed by atoms with Gasteiger partial charge in [0.1, 0.15) is 5.82 Å². The van der Waals surface area contributed by atoms with Gasteiger partial charge < -0.3 is 15.5 Å². The normalized spacial score (nSPS) is 13.8. The largest absolute Gasteiger partial charge is 0.357 e. The van der Waals surface area contributed by atoms with Gasteiger partial charge in [-0.1, -0.05) is 32.8 Å². The van der Waals surface area contributed by atoms with Gasteiger partial charge in [0, 0.05) is 25.4 Å². The van der Waals surface area contributed by atoms with Crippen molar-refractivity contribution >= 4 is 15.8 Å². The van der Waals surface area contributed by atoms with Crippen molar-refractivity contribution in [1.82, 2.24) is 15.5 Å². The zero-order valence-corrected chi connectivity index (χ0v) is 19.4. The van der Waals surface area contributed by atoms with E-state index >= 15 is 0 Å². The number of likely N-dealkylation sites (N-methyl/N-ethyl adjacent to an activating group) is 1. The van der Waals surface area contributed by atoms with Gasteiger partial charge in [-0.15, -0.1) is 0 Å². The number of sulfone groups is 1. The van der Waals surface area contributed by atoms with Crippen LogP contribution in [-0.4, -0.2) is 58.8 Å². The van der Waals surface area contributed by atoms with E-state index in [0.717, 1.165) is 19.4 Å². The summed E-state index contributed by atoms with van der Waals surface area (Å²) >= 11 is 0. The predicted octanol–water partition coefficient (Wildman–Crippen LogP) is 2.79. The van der Waals surface area contributed by atoms with E-state index < -0.39 is 15.7 Å². The summed E-state index contributed by atoms with van der Waals surface area (Å²) in [5, 5.41) is 6.60. The molecule has 0 aliphatic rings. The molecule has 0 aromatic heterocycles. The van der Waals surface area contributed by atoms with Gasteiger partial charge in [-0.25, -0.2) is 17.8 Å². The van der Waals surface area contributed by atoms with Crippen molar-refractivity contribution in [1.29, 1.82) is 0 Å². The molecule has 0 aliphatic carbocycles. The molecule has 1 atom stereocenters. The van der Waals surface area contributed by atoms with E-state index in [1.54, 1.807) is 0 Å². The predicted molar refractivity (Wildman–Crippen MR) is 119 cm³/mol. The number of rotatable bonds is 11. The van der Waals surface area contributed by atoms with Gasteiger partial charge in [0.15, 0.2) is 15.8 Å². The van der Waals surface area contributed by atoms with Gasteiger partial charge in [0.2, 0.25) is 0 Å². The average Bonchev–Trinajstić information content (AvgIpc) is 2.63. The summed E-state index contributed by atoms with van der Waals surface area (Å²) in [5.41, 5.74) is 1.16. The molecule has 1 rings (SSSR count). The Kier molecular flexibility index (Phi) is 10.6. The summed E-state index contributed by atoms with van der Waals surface area (Å²) in [6.07, 6.45) is 3.38. The summed E-state index contributed by atoms with van der Waals surface area (Å²) in [5.74, 6) is 0.691. The van der Waals surface area contributed by atoms with Crippen molar-refractivity contribution in [2.45, 2.75) is 52.0 Å². The quantitative estimate of drug-likeness (QED) is 0.419. The Morgan fingerprint density at radius 1 is 1.14 bits per heavy atom. The molecule has 1 unspecified atom stereocenters. The summed E-state index contributed by atoms with van der Waals surface area (Å²) in [6, 6.07) is 4.54. The van der Waals surface area contributed by atoms with Crippen molar-refractivity contribution < 1.29 is 12.8 Å². The summed E-state index contributed by atoms with van der Waals surface area (Å²) in [4.78, 5) is 6.80. The number of nitrogens with zero attached hydrogens (tertiary/aromatic N) is 2. The van der Waals surface area contributed by atoms with Gasteiger partial charge in [-0.2, -0.15) is 0 Å². The summed E-state index contributed by atoms with van der Waals surface area (Å²) in [6.45, 7) is 8.04. The third kappa shape index (κ3) is 9.12. The molecule has 0 saturated carbocycles. The monoisotopic (exact) mass is 428 g/mol. The minimum atomic E-state index is -3.22. The Hall–Kier alpha value is -1.67. The van der Waals surface area contributed by atoms with E-state index in [9.17, 15) is 12.8 Å². The number of guanidine groups is 1. The standard InChI is InChI=1S/C21H37FN4O2S/c1-7-16(8-2)20(26(4)5)14-25-21(23-9-3)24-13-18-12-19(22)11-10-17(18)15-29(6,27)28/h10-12,16,20H,7-9,13-15H2,1-6H3,(H2,23,24,25). The molecule has 0 saturated heterocycles. The number of halogens is 1. The van der Waals surface area contributed by atoms with Gasteiger partial charge in [-0.3, -0.25) is 0 Å². The third-order valence-corrected chi connectivity index (χ3v) is 5.91. The van der Waals surface area contributed by atoms with Crippen LogP contribution in [-0.2, 0) is 22.1 Å². The minimum absolute atomic E-state index is 0.126. The topological polar surface area (TPSA) is 73.8 Å². The zero-order valence-electron chi connectivity index (χ0n) is 18.6. The van der Waals surface area contributed by atoms with Crippen LogP contribution in [0.15, 0.2) is 23.2 Å². The number of hydrogen-bond donors (Lipinski definition) is 2. The molecule has 0 bridgehead atoms. The molecule has 2 N–H and O–H groups in total. The zero-order chi connectivity index (χ0) is 22.0. The molecule has 0 spiro atoms. The van der Waals surface area contributed by atoms with Crippen LogP contribution in [0, 0.1) is 11.7 Å². The second kappa shape index (κ2) is 12.1. The molecule has 0 aliphatic heterocycles. The van der Waals surface area contributed by atoms with Crippen molar-refractivity contribution in [3.05, 3.63) is 35.1 Å². The van der Waals surface area contributed by atoms with Crippen LogP contribution in [0.2, 0.25) is 0 Å². The lowest BCUT2D eigenvalue weighted by atomic mass is 9.93. The first-order chi connectivity index (χ1) is 13.6. The van der Waals surface area contributed by atoms with E-state index in [4.69, 9.17) is 0 Å². The number of benzene rings is 1. The van der Waals surface area contributed by atoms with E-state index in [2.05, 4.69) is 48.5 Å². The maximum absolute atomic E-state index is 13.7. The Bertz CT molecular complexity index is 762. The second-order valence-corrected chi connectivity index (χ2v) is 9.81. The van der Waals surface area contributed by atoms with Crippen LogP contribution in [0.3, 0.4) is 0 Å². The molecule has 8 heteroatoms. The van der Waals surface area contributed by atoms with Crippen molar-refractivity contribution in [2.24, 2.45) is 10.9 Å².